The van der Waals surface area contributed by atoms with Crippen LogP contribution in [-0.2, 0) is 0 Å². The number of hydrogen-bond donors (Lipinski definition) is 0. The van der Waals surface area contributed by atoms with Crippen molar-refractivity contribution in [2.24, 2.45) is 0 Å². The van der Waals surface area contributed by atoms with E-state index in [4.69, 9.17) is 4.74 Å². The Bertz CT molecular complexity index is 339. The average molecular weight is 214 g/mol. The summed E-state index contributed by atoms with van der Waals surface area (Å²) in [6.45, 7) is 2.82. The summed E-state index contributed by atoms with van der Waals surface area (Å²) in [5.41, 5.74) is 1.91. The molecule has 0 aliphatic heterocycles. The fourth-order valence-corrected chi connectivity index (χ4v) is 1.43. The van der Waals surface area contributed by atoms with Gasteiger partial charge in [0, 0.05) is 5.56 Å². The van der Waals surface area contributed by atoms with Crippen LogP contribution in [0.4, 0.5) is 8.78 Å². The number of aldehydes is 1. The van der Waals surface area contributed by atoms with Crippen LogP contribution in [-0.4, -0.2) is 19.3 Å². The number of rotatable bonds is 4. The van der Waals surface area contributed by atoms with Crippen molar-refractivity contribution in [1.29, 1.82) is 0 Å². The number of hydrogen-bond acceptors (Lipinski definition) is 2. The predicted molar refractivity (Wildman–Crippen MR) is 52.8 cm³/mol. The molecule has 0 unspecified atom stereocenters. The molecular weight excluding hydrogens is 202 g/mol. The highest BCUT2D eigenvalue weighted by molar-refractivity contribution is 5.76. The van der Waals surface area contributed by atoms with Crippen LogP contribution in [0, 0.1) is 13.8 Å². The van der Waals surface area contributed by atoms with E-state index in [1.165, 1.54) is 0 Å². The second-order valence-corrected chi connectivity index (χ2v) is 3.30. The second kappa shape index (κ2) is 4.87. The van der Waals surface area contributed by atoms with Crippen LogP contribution in [0.25, 0.3) is 0 Å². The Morgan fingerprint density at radius 1 is 1.33 bits per heavy atom. The third kappa shape index (κ3) is 3.01. The van der Waals surface area contributed by atoms with Gasteiger partial charge in [-0.25, -0.2) is 8.78 Å². The first-order valence-electron chi connectivity index (χ1n) is 4.52. The highest BCUT2D eigenvalue weighted by Gasteiger charge is 2.09. The zero-order valence-electron chi connectivity index (χ0n) is 8.59. The molecule has 1 rings (SSSR count). The summed E-state index contributed by atoms with van der Waals surface area (Å²) in [6.07, 6.45) is -1.77. The Balaban J connectivity index is 2.93. The lowest BCUT2D eigenvalue weighted by Crippen LogP contribution is -2.09. The van der Waals surface area contributed by atoms with E-state index < -0.39 is 13.0 Å². The number of benzene rings is 1. The third-order valence-corrected chi connectivity index (χ3v) is 1.97. The fourth-order valence-electron chi connectivity index (χ4n) is 1.43. The summed E-state index contributed by atoms with van der Waals surface area (Å²) < 4.78 is 28.9. The summed E-state index contributed by atoms with van der Waals surface area (Å²) in [5.74, 6) is 0.431. The largest absolute Gasteiger partial charge is 0.487 e. The van der Waals surface area contributed by atoms with Crippen LogP contribution in [0.15, 0.2) is 12.1 Å². The molecule has 1 aromatic rings. The van der Waals surface area contributed by atoms with Gasteiger partial charge in [-0.15, -0.1) is 0 Å². The predicted octanol–water partition coefficient (Wildman–Crippen LogP) is 2.76. The Morgan fingerprint density at radius 3 is 2.27 bits per heavy atom. The molecule has 0 saturated heterocycles. The van der Waals surface area contributed by atoms with Crippen LogP contribution in [0.5, 0.6) is 5.75 Å². The van der Waals surface area contributed by atoms with Crippen LogP contribution in [0.2, 0.25) is 0 Å². The summed E-state index contributed by atoms with van der Waals surface area (Å²) in [6, 6.07) is 3.22. The molecule has 0 N–H and O–H groups in total. The van der Waals surface area contributed by atoms with E-state index in [0.717, 1.165) is 6.29 Å². The Hall–Kier alpha value is -1.45. The maximum absolute atomic E-state index is 11.9. The Labute approximate surface area is 86.9 Å². The van der Waals surface area contributed by atoms with Crippen molar-refractivity contribution in [1.82, 2.24) is 0 Å². The van der Waals surface area contributed by atoms with E-state index in [-0.39, 0.29) is 0 Å². The number of carbonyl (C=O) groups excluding carboxylic acids is 1. The van der Waals surface area contributed by atoms with E-state index >= 15 is 0 Å². The van der Waals surface area contributed by atoms with Gasteiger partial charge in [0.2, 0.25) is 0 Å². The first kappa shape index (κ1) is 11.6. The highest BCUT2D eigenvalue weighted by atomic mass is 19.3. The van der Waals surface area contributed by atoms with Gasteiger partial charge in [-0.2, -0.15) is 0 Å². The molecule has 0 spiro atoms. The minimum absolute atomic E-state index is 0.431. The quantitative estimate of drug-likeness (QED) is 0.720. The molecule has 0 radical (unpaired) electrons. The van der Waals surface area contributed by atoms with Crippen LogP contribution in [0.3, 0.4) is 0 Å². The standard InChI is InChI=1S/C11H12F2O2/c1-7-3-9(5-14)4-8(2)11(7)15-6-10(12)13/h3-5,10H,6H2,1-2H3. The highest BCUT2D eigenvalue weighted by Crippen LogP contribution is 2.24. The number of ether oxygens (including phenoxy) is 1. The van der Waals surface area contributed by atoms with Crippen LogP contribution < -0.4 is 4.74 Å². The number of carbonyl (C=O) groups is 1. The van der Waals surface area contributed by atoms with Crippen LogP contribution >= 0.6 is 0 Å². The van der Waals surface area contributed by atoms with Gasteiger partial charge in [0.15, 0.2) is 0 Å². The molecule has 4 heteroatoms. The first-order chi connectivity index (χ1) is 7.04. The molecule has 0 amide bonds. The Morgan fingerprint density at radius 2 is 1.87 bits per heavy atom. The van der Waals surface area contributed by atoms with Crippen molar-refractivity contribution < 1.29 is 18.3 Å². The molecule has 1 aromatic carbocycles. The molecule has 0 aromatic heterocycles. The Kier molecular flexibility index (Phi) is 3.77. The van der Waals surface area contributed by atoms with Crippen molar-refractivity contribution in [3.8, 4) is 5.75 Å². The van der Waals surface area contributed by atoms with Gasteiger partial charge in [-0.3, -0.25) is 4.79 Å². The zero-order chi connectivity index (χ0) is 11.4. The average Bonchev–Trinajstić information content (AvgIpc) is 2.15. The monoisotopic (exact) mass is 214 g/mol. The van der Waals surface area contributed by atoms with E-state index in [9.17, 15) is 13.6 Å². The lowest BCUT2D eigenvalue weighted by Gasteiger charge is -2.12. The van der Waals surface area contributed by atoms with Gasteiger partial charge in [-0.05, 0) is 37.1 Å². The van der Waals surface area contributed by atoms with Gasteiger partial charge < -0.3 is 4.74 Å². The summed E-state index contributed by atoms with van der Waals surface area (Å²) in [4.78, 5) is 10.5. The molecule has 82 valence electrons. The fraction of sp³-hybridized carbons (Fsp3) is 0.364. The minimum atomic E-state index is -2.49. The van der Waals surface area contributed by atoms with E-state index in [0.29, 0.717) is 22.4 Å². The molecule has 0 aliphatic rings. The summed E-state index contributed by atoms with van der Waals surface area (Å²) in [7, 11) is 0. The lowest BCUT2D eigenvalue weighted by atomic mass is 10.1. The van der Waals surface area contributed by atoms with Gasteiger partial charge in [0.05, 0.1) is 0 Å². The number of alkyl halides is 2. The number of halogens is 2. The maximum atomic E-state index is 11.9. The molecule has 15 heavy (non-hydrogen) atoms. The molecule has 0 atom stereocenters. The lowest BCUT2D eigenvalue weighted by molar-refractivity contribution is 0.0812. The van der Waals surface area contributed by atoms with Gasteiger partial charge in [0.1, 0.15) is 18.6 Å². The summed E-state index contributed by atoms with van der Waals surface area (Å²) in [5, 5.41) is 0. The molecule has 0 aliphatic carbocycles. The van der Waals surface area contributed by atoms with E-state index in [1.54, 1.807) is 26.0 Å². The van der Waals surface area contributed by atoms with Crippen molar-refractivity contribution >= 4 is 6.29 Å². The molecule has 0 bridgehead atoms. The molecule has 0 fully saturated rings. The molecule has 0 heterocycles. The van der Waals surface area contributed by atoms with Crippen LogP contribution in [0.1, 0.15) is 21.5 Å². The summed E-state index contributed by atoms with van der Waals surface area (Å²) >= 11 is 0. The van der Waals surface area contributed by atoms with Gasteiger partial charge in [-0.1, -0.05) is 0 Å². The van der Waals surface area contributed by atoms with Gasteiger partial charge >= 0.3 is 0 Å². The van der Waals surface area contributed by atoms with Crippen molar-refractivity contribution in [3.63, 3.8) is 0 Å². The minimum Gasteiger partial charge on any atom is -0.487 e. The topological polar surface area (TPSA) is 26.3 Å². The van der Waals surface area contributed by atoms with E-state index in [1.807, 2.05) is 0 Å². The SMILES string of the molecule is Cc1cc(C=O)cc(C)c1OCC(F)F. The second-order valence-electron chi connectivity index (χ2n) is 3.30. The smallest absolute Gasteiger partial charge is 0.272 e. The van der Waals surface area contributed by atoms with Crippen molar-refractivity contribution in [2.75, 3.05) is 6.61 Å². The maximum Gasteiger partial charge on any atom is 0.272 e. The third-order valence-electron chi connectivity index (χ3n) is 1.97. The van der Waals surface area contributed by atoms with Gasteiger partial charge in [0.25, 0.3) is 6.43 Å². The molecule has 0 saturated carbocycles. The van der Waals surface area contributed by atoms with Crippen molar-refractivity contribution in [2.45, 2.75) is 20.3 Å². The molecular formula is C11H12F2O2. The normalized spacial score (nSPS) is 10.5. The first-order valence-corrected chi connectivity index (χ1v) is 4.52. The number of aryl methyl sites for hydroxylation is 2. The van der Waals surface area contributed by atoms with E-state index in [2.05, 4.69) is 0 Å². The zero-order valence-corrected chi connectivity index (χ0v) is 8.59. The van der Waals surface area contributed by atoms with Crippen molar-refractivity contribution in [3.05, 3.63) is 28.8 Å². The molecule has 2 nitrogen and oxygen atoms in total.